The van der Waals surface area contributed by atoms with Crippen molar-refractivity contribution in [3.8, 4) is 0 Å². The molecule has 1 saturated heterocycles. The molecule has 2 unspecified atom stereocenters. The quantitative estimate of drug-likeness (QED) is 0.662. The standard InChI is InChI=1S/C7H13F3N2/c1-5(11)12-4-2-3-6(12)7(8,9)10/h5-6H,2-4,11H2,1H3. The molecule has 72 valence electrons. The van der Waals surface area contributed by atoms with E-state index in [1.54, 1.807) is 6.92 Å². The van der Waals surface area contributed by atoms with Gasteiger partial charge in [-0.3, -0.25) is 4.90 Å². The van der Waals surface area contributed by atoms with E-state index >= 15 is 0 Å². The predicted molar refractivity (Wildman–Crippen MR) is 39.4 cm³/mol. The van der Waals surface area contributed by atoms with Gasteiger partial charge < -0.3 is 5.73 Å². The van der Waals surface area contributed by atoms with Crippen molar-refractivity contribution in [2.24, 2.45) is 5.73 Å². The first-order chi connectivity index (χ1) is 5.43. The fourth-order valence-corrected chi connectivity index (χ4v) is 1.63. The first-order valence-electron chi connectivity index (χ1n) is 4.01. The summed E-state index contributed by atoms with van der Waals surface area (Å²) >= 11 is 0. The van der Waals surface area contributed by atoms with Crippen LogP contribution in [0.4, 0.5) is 13.2 Å². The van der Waals surface area contributed by atoms with E-state index in [4.69, 9.17) is 5.73 Å². The molecule has 1 heterocycles. The zero-order chi connectivity index (χ0) is 9.35. The van der Waals surface area contributed by atoms with Crippen LogP contribution in [0.2, 0.25) is 0 Å². The Hall–Kier alpha value is -0.290. The molecule has 12 heavy (non-hydrogen) atoms. The Morgan fingerprint density at radius 1 is 1.50 bits per heavy atom. The lowest BCUT2D eigenvalue weighted by Crippen LogP contribution is -2.49. The van der Waals surface area contributed by atoms with E-state index in [1.165, 1.54) is 4.90 Å². The Bertz CT molecular complexity index is 155. The Balaban J connectivity index is 2.64. The highest BCUT2D eigenvalue weighted by Gasteiger charge is 2.46. The summed E-state index contributed by atoms with van der Waals surface area (Å²) in [5.41, 5.74) is 5.41. The van der Waals surface area contributed by atoms with Gasteiger partial charge in [0.1, 0.15) is 6.04 Å². The largest absolute Gasteiger partial charge is 0.404 e. The van der Waals surface area contributed by atoms with Crippen molar-refractivity contribution in [3.63, 3.8) is 0 Å². The number of hydrogen-bond donors (Lipinski definition) is 1. The summed E-state index contributed by atoms with van der Waals surface area (Å²) in [6.07, 6.45) is -3.85. The zero-order valence-electron chi connectivity index (χ0n) is 6.93. The van der Waals surface area contributed by atoms with Gasteiger partial charge in [-0.1, -0.05) is 0 Å². The van der Waals surface area contributed by atoms with E-state index in [2.05, 4.69) is 0 Å². The van der Waals surface area contributed by atoms with Crippen LogP contribution in [0, 0.1) is 0 Å². The highest BCUT2D eigenvalue weighted by molar-refractivity contribution is 4.86. The van der Waals surface area contributed by atoms with Gasteiger partial charge in [-0.15, -0.1) is 0 Å². The van der Waals surface area contributed by atoms with Crippen LogP contribution in [0.1, 0.15) is 19.8 Å². The van der Waals surface area contributed by atoms with Crippen LogP contribution in [-0.2, 0) is 0 Å². The molecule has 0 radical (unpaired) electrons. The van der Waals surface area contributed by atoms with Gasteiger partial charge in [-0.25, -0.2) is 0 Å². The number of likely N-dealkylation sites (tertiary alicyclic amines) is 1. The van der Waals surface area contributed by atoms with Gasteiger partial charge in [0, 0.05) is 6.54 Å². The molecule has 0 aliphatic carbocycles. The molecule has 0 aromatic rings. The normalized spacial score (nSPS) is 29.2. The Morgan fingerprint density at radius 2 is 2.08 bits per heavy atom. The van der Waals surface area contributed by atoms with Crippen molar-refractivity contribution >= 4 is 0 Å². The predicted octanol–water partition coefficient (Wildman–Crippen LogP) is 1.32. The molecule has 0 amide bonds. The maximum Gasteiger partial charge on any atom is 0.404 e. The van der Waals surface area contributed by atoms with Crippen LogP contribution < -0.4 is 5.73 Å². The zero-order valence-corrected chi connectivity index (χ0v) is 6.93. The monoisotopic (exact) mass is 182 g/mol. The van der Waals surface area contributed by atoms with Gasteiger partial charge in [-0.05, 0) is 19.8 Å². The molecule has 2 atom stereocenters. The van der Waals surface area contributed by atoms with E-state index in [0.29, 0.717) is 13.0 Å². The fourth-order valence-electron chi connectivity index (χ4n) is 1.63. The van der Waals surface area contributed by atoms with E-state index in [-0.39, 0.29) is 6.42 Å². The average Bonchev–Trinajstić information content (AvgIpc) is 2.30. The summed E-state index contributed by atoms with van der Waals surface area (Å²) in [5, 5.41) is 0. The van der Waals surface area contributed by atoms with Gasteiger partial charge in [-0.2, -0.15) is 13.2 Å². The molecule has 5 heteroatoms. The van der Waals surface area contributed by atoms with Crippen molar-refractivity contribution in [1.29, 1.82) is 0 Å². The molecule has 2 nitrogen and oxygen atoms in total. The number of alkyl halides is 3. The molecular formula is C7H13F3N2. The molecule has 1 aliphatic heterocycles. The molecule has 0 bridgehead atoms. The molecular weight excluding hydrogens is 169 g/mol. The number of halogens is 3. The van der Waals surface area contributed by atoms with Crippen molar-refractivity contribution in [3.05, 3.63) is 0 Å². The molecule has 0 aromatic carbocycles. The lowest BCUT2D eigenvalue weighted by Gasteiger charge is -2.29. The fraction of sp³-hybridized carbons (Fsp3) is 1.00. The average molecular weight is 182 g/mol. The van der Waals surface area contributed by atoms with E-state index in [1.807, 2.05) is 0 Å². The van der Waals surface area contributed by atoms with Crippen molar-refractivity contribution in [2.45, 2.75) is 38.1 Å². The molecule has 1 aliphatic rings. The third-order valence-electron chi connectivity index (χ3n) is 2.20. The number of hydrogen-bond acceptors (Lipinski definition) is 2. The lowest BCUT2D eigenvalue weighted by molar-refractivity contribution is -0.180. The van der Waals surface area contributed by atoms with Crippen molar-refractivity contribution < 1.29 is 13.2 Å². The van der Waals surface area contributed by atoms with Crippen LogP contribution in [0.3, 0.4) is 0 Å². The second-order valence-electron chi connectivity index (χ2n) is 3.18. The van der Waals surface area contributed by atoms with Crippen LogP contribution >= 0.6 is 0 Å². The third-order valence-corrected chi connectivity index (χ3v) is 2.20. The second kappa shape index (κ2) is 3.22. The first kappa shape index (κ1) is 9.80. The van der Waals surface area contributed by atoms with E-state index < -0.39 is 18.4 Å². The van der Waals surface area contributed by atoms with Gasteiger partial charge in [0.2, 0.25) is 0 Å². The van der Waals surface area contributed by atoms with Crippen LogP contribution in [0.25, 0.3) is 0 Å². The van der Waals surface area contributed by atoms with Crippen LogP contribution in [0.15, 0.2) is 0 Å². The van der Waals surface area contributed by atoms with Crippen LogP contribution in [-0.4, -0.2) is 29.8 Å². The van der Waals surface area contributed by atoms with Crippen molar-refractivity contribution in [2.75, 3.05) is 6.54 Å². The van der Waals surface area contributed by atoms with Gasteiger partial charge in [0.15, 0.2) is 0 Å². The summed E-state index contributed by atoms with van der Waals surface area (Å²) < 4.78 is 36.8. The topological polar surface area (TPSA) is 29.3 Å². The Kier molecular flexibility index (Phi) is 2.63. The molecule has 0 saturated carbocycles. The van der Waals surface area contributed by atoms with E-state index in [0.717, 1.165) is 0 Å². The smallest absolute Gasteiger partial charge is 0.316 e. The summed E-state index contributed by atoms with van der Waals surface area (Å²) in [6.45, 7) is 2.05. The summed E-state index contributed by atoms with van der Waals surface area (Å²) in [5.74, 6) is 0. The maximum absolute atomic E-state index is 12.3. The Labute approximate surface area is 69.5 Å². The van der Waals surface area contributed by atoms with Crippen molar-refractivity contribution in [1.82, 2.24) is 4.90 Å². The second-order valence-corrected chi connectivity index (χ2v) is 3.18. The highest BCUT2D eigenvalue weighted by Crippen LogP contribution is 2.32. The minimum atomic E-state index is -4.12. The van der Waals surface area contributed by atoms with Gasteiger partial charge >= 0.3 is 6.18 Å². The number of nitrogens with two attached hydrogens (primary N) is 1. The third kappa shape index (κ3) is 1.90. The number of nitrogens with zero attached hydrogens (tertiary/aromatic N) is 1. The van der Waals surface area contributed by atoms with Gasteiger partial charge in [0.25, 0.3) is 0 Å². The molecule has 1 fully saturated rings. The SMILES string of the molecule is CC(N)N1CCCC1C(F)(F)F. The molecule has 2 N–H and O–H groups in total. The van der Waals surface area contributed by atoms with Gasteiger partial charge in [0.05, 0.1) is 6.17 Å². The minimum Gasteiger partial charge on any atom is -0.316 e. The highest BCUT2D eigenvalue weighted by atomic mass is 19.4. The minimum absolute atomic E-state index is 0.186. The first-order valence-corrected chi connectivity index (χ1v) is 4.01. The molecule has 1 rings (SSSR count). The summed E-state index contributed by atoms with van der Waals surface area (Å²) in [6, 6.07) is -1.32. The summed E-state index contributed by atoms with van der Waals surface area (Å²) in [4.78, 5) is 1.31. The maximum atomic E-state index is 12.3. The molecule has 0 aromatic heterocycles. The van der Waals surface area contributed by atoms with E-state index in [9.17, 15) is 13.2 Å². The lowest BCUT2D eigenvalue weighted by atomic mass is 10.2. The number of rotatable bonds is 1. The molecule has 0 spiro atoms. The van der Waals surface area contributed by atoms with Crippen LogP contribution in [0.5, 0.6) is 0 Å². The Morgan fingerprint density at radius 3 is 2.42 bits per heavy atom. The summed E-state index contributed by atoms with van der Waals surface area (Å²) in [7, 11) is 0.